The lowest BCUT2D eigenvalue weighted by Crippen LogP contribution is -2.28. The van der Waals surface area contributed by atoms with E-state index in [0.29, 0.717) is 28.4 Å². The zero-order valence-electron chi connectivity index (χ0n) is 15.8. The molecule has 5 nitrogen and oxygen atoms in total. The van der Waals surface area contributed by atoms with Crippen LogP contribution in [0.1, 0.15) is 42.1 Å². The predicted molar refractivity (Wildman–Crippen MR) is 110 cm³/mol. The maximum Gasteiger partial charge on any atom is 0.264 e. The molecule has 0 heterocycles. The Balaban J connectivity index is 2.19. The molecule has 0 aliphatic rings. The summed E-state index contributed by atoms with van der Waals surface area (Å²) in [7, 11) is -2.21. The van der Waals surface area contributed by atoms with Gasteiger partial charge in [0.15, 0.2) is 0 Å². The van der Waals surface area contributed by atoms with Gasteiger partial charge in [-0.3, -0.25) is 9.10 Å². The first-order chi connectivity index (χ1) is 12.8. The second kappa shape index (κ2) is 9.24. The van der Waals surface area contributed by atoms with Crippen molar-refractivity contribution in [1.82, 2.24) is 5.32 Å². The van der Waals surface area contributed by atoms with Crippen LogP contribution in [-0.4, -0.2) is 27.9 Å². The number of hydrogen-bond acceptors (Lipinski definition) is 3. The highest BCUT2D eigenvalue weighted by atomic mass is 35.5. The van der Waals surface area contributed by atoms with E-state index in [-0.39, 0.29) is 10.8 Å². The van der Waals surface area contributed by atoms with Gasteiger partial charge >= 0.3 is 0 Å². The first-order valence-corrected chi connectivity index (χ1v) is 10.7. The van der Waals surface area contributed by atoms with Crippen LogP contribution in [-0.2, 0) is 10.0 Å². The highest BCUT2D eigenvalue weighted by Gasteiger charge is 2.23. The molecule has 146 valence electrons. The second-order valence-electron chi connectivity index (χ2n) is 6.39. The average Bonchev–Trinajstić information content (AvgIpc) is 2.64. The molecule has 2 aromatic rings. The summed E-state index contributed by atoms with van der Waals surface area (Å²) in [6.45, 7) is 4.54. The molecule has 0 saturated heterocycles. The van der Waals surface area contributed by atoms with E-state index in [2.05, 4.69) is 12.2 Å². The minimum absolute atomic E-state index is 0.149. The Morgan fingerprint density at radius 3 is 2.37 bits per heavy atom. The summed E-state index contributed by atoms with van der Waals surface area (Å²) in [5, 5.41) is 3.36. The molecular weight excluding hydrogens is 384 g/mol. The van der Waals surface area contributed by atoms with Crippen LogP contribution in [0.4, 0.5) is 5.69 Å². The van der Waals surface area contributed by atoms with Crippen molar-refractivity contribution in [3.05, 3.63) is 58.6 Å². The Kier molecular flexibility index (Phi) is 7.27. The highest BCUT2D eigenvalue weighted by molar-refractivity contribution is 7.92. The van der Waals surface area contributed by atoms with Crippen LogP contribution < -0.4 is 9.62 Å². The van der Waals surface area contributed by atoms with Gasteiger partial charge in [0.25, 0.3) is 15.9 Å². The van der Waals surface area contributed by atoms with Crippen molar-refractivity contribution in [3.63, 3.8) is 0 Å². The first kappa shape index (κ1) is 21.3. The number of sulfonamides is 1. The van der Waals surface area contributed by atoms with E-state index in [1.165, 1.54) is 23.5 Å². The molecule has 0 radical (unpaired) electrons. The monoisotopic (exact) mass is 408 g/mol. The van der Waals surface area contributed by atoms with Crippen molar-refractivity contribution in [2.75, 3.05) is 17.9 Å². The summed E-state index contributed by atoms with van der Waals surface area (Å²) in [5.41, 5.74) is 1.74. The molecule has 1 N–H and O–H groups in total. The number of carbonyl (C=O) groups is 1. The summed E-state index contributed by atoms with van der Waals surface area (Å²) in [6, 6.07) is 11.0. The lowest BCUT2D eigenvalue weighted by Gasteiger charge is -2.22. The number of rotatable bonds is 8. The molecule has 0 spiro atoms. The third-order valence-electron chi connectivity index (χ3n) is 4.34. The lowest BCUT2D eigenvalue weighted by molar-refractivity contribution is 0.0953. The van der Waals surface area contributed by atoms with Crippen LogP contribution in [0.25, 0.3) is 0 Å². The number of halogens is 1. The minimum Gasteiger partial charge on any atom is -0.352 e. The van der Waals surface area contributed by atoms with Gasteiger partial charge in [-0.15, -0.1) is 0 Å². The van der Waals surface area contributed by atoms with Crippen molar-refractivity contribution in [3.8, 4) is 0 Å². The maximum atomic E-state index is 12.8. The van der Waals surface area contributed by atoms with Gasteiger partial charge in [0.1, 0.15) is 0 Å². The largest absolute Gasteiger partial charge is 0.352 e. The molecule has 0 aliphatic carbocycles. The standard InChI is InChI=1S/C20H25ClN2O3S/c1-4-5-6-13-22-20(24)16-7-12-19(15(2)14-16)23(3)27(25,26)18-10-8-17(21)9-11-18/h7-12,14H,4-6,13H2,1-3H3,(H,22,24). The molecule has 0 aromatic heterocycles. The van der Waals surface area contributed by atoms with E-state index in [1.54, 1.807) is 37.3 Å². The zero-order valence-corrected chi connectivity index (χ0v) is 17.4. The molecule has 2 aromatic carbocycles. The summed E-state index contributed by atoms with van der Waals surface area (Å²) in [5.74, 6) is -0.149. The minimum atomic E-state index is -3.71. The van der Waals surface area contributed by atoms with E-state index < -0.39 is 10.0 Å². The smallest absolute Gasteiger partial charge is 0.264 e. The van der Waals surface area contributed by atoms with E-state index in [4.69, 9.17) is 11.6 Å². The molecule has 7 heteroatoms. The maximum absolute atomic E-state index is 12.8. The Hall–Kier alpha value is -2.05. The van der Waals surface area contributed by atoms with Crippen molar-refractivity contribution in [2.24, 2.45) is 0 Å². The molecular formula is C20H25ClN2O3S. The average molecular weight is 409 g/mol. The number of hydrogen-bond donors (Lipinski definition) is 1. The molecule has 0 bridgehead atoms. The van der Waals surface area contributed by atoms with Gasteiger partial charge in [0.05, 0.1) is 10.6 Å². The van der Waals surface area contributed by atoms with Crippen LogP contribution >= 0.6 is 11.6 Å². The molecule has 0 aliphatic heterocycles. The van der Waals surface area contributed by atoms with Gasteiger partial charge in [-0.25, -0.2) is 8.42 Å². The zero-order chi connectivity index (χ0) is 20.0. The van der Waals surface area contributed by atoms with Crippen molar-refractivity contribution in [2.45, 2.75) is 38.0 Å². The number of unbranched alkanes of at least 4 members (excludes halogenated alkanes) is 2. The van der Waals surface area contributed by atoms with Gasteiger partial charge < -0.3 is 5.32 Å². The first-order valence-electron chi connectivity index (χ1n) is 8.90. The predicted octanol–water partition coefficient (Wildman–Crippen LogP) is 4.39. The second-order valence-corrected chi connectivity index (χ2v) is 8.80. The topological polar surface area (TPSA) is 66.5 Å². The van der Waals surface area contributed by atoms with Crippen molar-refractivity contribution in [1.29, 1.82) is 0 Å². The summed E-state index contributed by atoms with van der Waals surface area (Å²) in [4.78, 5) is 12.4. The Morgan fingerprint density at radius 2 is 1.78 bits per heavy atom. The van der Waals surface area contributed by atoms with Gasteiger partial charge in [-0.1, -0.05) is 31.4 Å². The van der Waals surface area contributed by atoms with Crippen LogP contribution in [0, 0.1) is 6.92 Å². The molecule has 0 saturated carbocycles. The third kappa shape index (κ3) is 5.23. The fourth-order valence-corrected chi connectivity index (χ4v) is 4.11. The van der Waals surface area contributed by atoms with E-state index in [1.807, 2.05) is 0 Å². The van der Waals surface area contributed by atoms with E-state index in [9.17, 15) is 13.2 Å². The Morgan fingerprint density at radius 1 is 1.11 bits per heavy atom. The summed E-state index contributed by atoms with van der Waals surface area (Å²) >= 11 is 5.84. The highest BCUT2D eigenvalue weighted by Crippen LogP contribution is 2.26. The van der Waals surface area contributed by atoms with Crippen LogP contribution in [0.2, 0.25) is 5.02 Å². The number of benzene rings is 2. The Labute approximate surface area is 166 Å². The number of amides is 1. The van der Waals surface area contributed by atoms with Gasteiger partial charge in [-0.05, 0) is 61.4 Å². The molecule has 1 amide bonds. The fourth-order valence-electron chi connectivity index (χ4n) is 2.72. The van der Waals surface area contributed by atoms with E-state index in [0.717, 1.165) is 19.3 Å². The molecule has 0 atom stereocenters. The molecule has 2 rings (SSSR count). The van der Waals surface area contributed by atoms with Gasteiger partial charge in [0.2, 0.25) is 0 Å². The SMILES string of the molecule is CCCCCNC(=O)c1ccc(N(C)S(=O)(=O)c2ccc(Cl)cc2)c(C)c1. The summed E-state index contributed by atoms with van der Waals surface area (Å²) < 4.78 is 26.9. The van der Waals surface area contributed by atoms with E-state index >= 15 is 0 Å². The number of nitrogens with zero attached hydrogens (tertiary/aromatic N) is 1. The van der Waals surface area contributed by atoms with Crippen LogP contribution in [0.5, 0.6) is 0 Å². The normalized spacial score (nSPS) is 11.3. The molecule has 0 unspecified atom stereocenters. The van der Waals surface area contributed by atoms with Crippen LogP contribution in [0.3, 0.4) is 0 Å². The van der Waals surface area contributed by atoms with Crippen molar-refractivity contribution >= 4 is 33.2 Å². The molecule has 27 heavy (non-hydrogen) atoms. The molecule has 0 fully saturated rings. The summed E-state index contributed by atoms with van der Waals surface area (Å²) in [6.07, 6.45) is 3.12. The number of nitrogens with one attached hydrogen (secondary N) is 1. The number of aryl methyl sites for hydroxylation is 1. The number of carbonyl (C=O) groups excluding carboxylic acids is 1. The Bertz CT molecular complexity index is 896. The quantitative estimate of drug-likeness (QED) is 0.658. The number of anilines is 1. The van der Waals surface area contributed by atoms with Crippen molar-refractivity contribution < 1.29 is 13.2 Å². The fraction of sp³-hybridized carbons (Fsp3) is 0.350. The van der Waals surface area contributed by atoms with Gasteiger partial charge in [0, 0.05) is 24.2 Å². The van der Waals surface area contributed by atoms with Crippen LogP contribution in [0.15, 0.2) is 47.4 Å². The lowest BCUT2D eigenvalue weighted by atomic mass is 10.1. The third-order valence-corrected chi connectivity index (χ3v) is 6.37. The van der Waals surface area contributed by atoms with Gasteiger partial charge in [-0.2, -0.15) is 0 Å².